The maximum atomic E-state index is 12.8. The molecule has 0 radical (unpaired) electrons. The van der Waals surface area contributed by atoms with Crippen molar-refractivity contribution >= 4 is 17.7 Å². The van der Waals surface area contributed by atoms with Crippen molar-refractivity contribution in [3.8, 4) is 17.3 Å². The largest absolute Gasteiger partial charge is 0.347 e. The van der Waals surface area contributed by atoms with Gasteiger partial charge in [0.05, 0.1) is 12.1 Å². The fraction of sp³-hybridized carbons (Fsp3) is 0.231. The molecule has 1 N–H and O–H groups in total. The van der Waals surface area contributed by atoms with Gasteiger partial charge < -0.3 is 10.2 Å². The van der Waals surface area contributed by atoms with Crippen molar-refractivity contribution in [1.82, 2.24) is 10.2 Å². The van der Waals surface area contributed by atoms with Crippen LogP contribution in [-0.2, 0) is 0 Å². The van der Waals surface area contributed by atoms with Crippen molar-refractivity contribution in [3.05, 3.63) is 84.4 Å². The van der Waals surface area contributed by atoms with Crippen LogP contribution in [-0.4, -0.2) is 29.4 Å². The number of carbonyl (C=O) groups excluding carboxylic acids is 1. The monoisotopic (exact) mass is 427 g/mol. The third-order valence-electron chi connectivity index (χ3n) is 5.85. The molecule has 0 bridgehead atoms. The molecule has 2 unspecified atom stereocenters. The van der Waals surface area contributed by atoms with Gasteiger partial charge in [-0.3, -0.25) is 4.79 Å². The second-order valence-corrected chi connectivity index (χ2v) is 9.07. The SMILES string of the molecule is CC1CN(C#N)C(C)[C@@H]1NC(=O)c1ccc(-c2ccccc2Sc2ccccc2)cc1. The molecule has 0 spiro atoms. The van der Waals surface area contributed by atoms with Crippen molar-refractivity contribution < 1.29 is 4.79 Å². The average molecular weight is 428 g/mol. The highest BCUT2D eigenvalue weighted by Crippen LogP contribution is 2.36. The Morgan fingerprint density at radius 1 is 1.00 bits per heavy atom. The van der Waals surface area contributed by atoms with Crippen LogP contribution < -0.4 is 5.32 Å². The Balaban J connectivity index is 1.50. The van der Waals surface area contributed by atoms with E-state index in [1.165, 1.54) is 9.79 Å². The Hall–Kier alpha value is -3.23. The van der Waals surface area contributed by atoms with Crippen LogP contribution in [0.1, 0.15) is 24.2 Å². The summed E-state index contributed by atoms with van der Waals surface area (Å²) in [5, 5.41) is 12.4. The normalized spacial score (nSPS) is 20.3. The summed E-state index contributed by atoms with van der Waals surface area (Å²) in [5.41, 5.74) is 2.85. The van der Waals surface area contributed by atoms with Gasteiger partial charge >= 0.3 is 0 Å². The van der Waals surface area contributed by atoms with E-state index in [9.17, 15) is 10.1 Å². The van der Waals surface area contributed by atoms with E-state index >= 15 is 0 Å². The van der Waals surface area contributed by atoms with E-state index < -0.39 is 0 Å². The van der Waals surface area contributed by atoms with Crippen molar-refractivity contribution in [2.45, 2.75) is 35.7 Å². The minimum absolute atomic E-state index is 0.00473. The Morgan fingerprint density at radius 3 is 2.35 bits per heavy atom. The number of nitrogens with zero attached hydrogens (tertiary/aromatic N) is 2. The summed E-state index contributed by atoms with van der Waals surface area (Å²) in [6.45, 7) is 4.74. The van der Waals surface area contributed by atoms with Gasteiger partial charge in [-0.25, -0.2) is 0 Å². The summed E-state index contributed by atoms with van der Waals surface area (Å²) in [5.74, 6) is 0.141. The molecule has 3 atom stereocenters. The van der Waals surface area contributed by atoms with Gasteiger partial charge in [0.15, 0.2) is 6.19 Å². The molecule has 0 aliphatic carbocycles. The number of hydrogen-bond acceptors (Lipinski definition) is 4. The Bertz CT molecular complexity index is 1090. The van der Waals surface area contributed by atoms with Gasteiger partial charge in [-0.15, -0.1) is 0 Å². The Morgan fingerprint density at radius 2 is 1.68 bits per heavy atom. The van der Waals surface area contributed by atoms with Crippen molar-refractivity contribution in [2.75, 3.05) is 6.54 Å². The molecule has 1 fully saturated rings. The summed E-state index contributed by atoms with van der Waals surface area (Å²) in [4.78, 5) is 16.9. The lowest BCUT2D eigenvalue weighted by molar-refractivity contribution is 0.0924. The molecule has 1 amide bonds. The zero-order chi connectivity index (χ0) is 21.8. The molecule has 1 aliphatic heterocycles. The average Bonchev–Trinajstić information content (AvgIpc) is 3.08. The second-order valence-electron chi connectivity index (χ2n) is 7.96. The van der Waals surface area contributed by atoms with E-state index in [1.54, 1.807) is 16.7 Å². The standard InChI is InChI=1S/C26H25N3OS/c1-18-16-29(17-27)19(2)25(18)28-26(30)21-14-12-20(13-15-21)23-10-6-7-11-24(23)31-22-8-4-3-5-9-22/h3-15,18-19,25H,16H2,1-2H3,(H,28,30)/t18?,19?,25-/m1/s1. The second kappa shape index (κ2) is 9.28. The van der Waals surface area contributed by atoms with Crippen molar-refractivity contribution in [2.24, 2.45) is 5.92 Å². The first-order valence-corrected chi connectivity index (χ1v) is 11.3. The number of likely N-dealkylation sites (tertiary alicyclic amines) is 1. The van der Waals surface area contributed by atoms with Crippen LogP contribution >= 0.6 is 11.8 Å². The molecule has 31 heavy (non-hydrogen) atoms. The van der Waals surface area contributed by atoms with Crippen LogP contribution in [0, 0.1) is 17.4 Å². The first kappa shape index (κ1) is 21.0. The number of carbonyl (C=O) groups is 1. The molecule has 3 aromatic carbocycles. The summed E-state index contributed by atoms with van der Waals surface area (Å²) in [6.07, 6.45) is 2.22. The predicted molar refractivity (Wildman–Crippen MR) is 125 cm³/mol. The molecule has 0 saturated carbocycles. The zero-order valence-electron chi connectivity index (χ0n) is 17.7. The number of rotatable bonds is 5. The third-order valence-corrected chi connectivity index (χ3v) is 6.94. The van der Waals surface area contributed by atoms with E-state index in [0.717, 1.165) is 11.1 Å². The number of nitrogens with one attached hydrogen (secondary N) is 1. The number of hydrogen-bond donors (Lipinski definition) is 1. The summed E-state index contributed by atoms with van der Waals surface area (Å²) >= 11 is 1.73. The van der Waals surface area contributed by atoms with E-state index in [-0.39, 0.29) is 23.9 Å². The van der Waals surface area contributed by atoms with Crippen molar-refractivity contribution in [3.63, 3.8) is 0 Å². The molecule has 1 aliphatic rings. The van der Waals surface area contributed by atoms with Gasteiger partial charge in [-0.05, 0) is 54.3 Å². The molecule has 1 saturated heterocycles. The minimum Gasteiger partial charge on any atom is -0.347 e. The lowest BCUT2D eigenvalue weighted by Gasteiger charge is -2.22. The molecule has 3 aromatic rings. The molecular weight excluding hydrogens is 402 g/mol. The van der Waals surface area contributed by atoms with E-state index in [2.05, 4.69) is 42.7 Å². The highest BCUT2D eigenvalue weighted by Gasteiger charge is 2.37. The van der Waals surface area contributed by atoms with E-state index in [1.807, 2.05) is 61.5 Å². The van der Waals surface area contributed by atoms with Gasteiger partial charge in [-0.1, -0.05) is 67.2 Å². The summed E-state index contributed by atoms with van der Waals surface area (Å²) in [6, 6.07) is 26.4. The predicted octanol–water partition coefficient (Wildman–Crippen LogP) is 5.42. The topological polar surface area (TPSA) is 56.1 Å². The molecule has 0 aromatic heterocycles. The molecule has 4 nitrogen and oxygen atoms in total. The smallest absolute Gasteiger partial charge is 0.251 e. The van der Waals surface area contributed by atoms with Crippen LogP contribution in [0.2, 0.25) is 0 Å². The van der Waals surface area contributed by atoms with E-state index in [0.29, 0.717) is 12.1 Å². The fourth-order valence-electron chi connectivity index (χ4n) is 4.10. The van der Waals surface area contributed by atoms with Gasteiger partial charge in [0.2, 0.25) is 0 Å². The number of nitriles is 1. The Labute approximate surface area is 187 Å². The molecular formula is C26H25N3OS. The molecule has 5 heteroatoms. The zero-order valence-corrected chi connectivity index (χ0v) is 18.5. The van der Waals surface area contributed by atoms with Gasteiger partial charge in [0, 0.05) is 21.9 Å². The molecule has 156 valence electrons. The number of benzene rings is 3. The minimum atomic E-state index is -0.0954. The van der Waals surface area contributed by atoms with Crippen LogP contribution in [0.4, 0.5) is 0 Å². The highest BCUT2D eigenvalue weighted by molar-refractivity contribution is 7.99. The van der Waals surface area contributed by atoms with Gasteiger partial charge in [0.1, 0.15) is 0 Å². The number of amides is 1. The lowest BCUT2D eigenvalue weighted by atomic mass is 10.00. The Kier molecular flexibility index (Phi) is 6.29. The van der Waals surface area contributed by atoms with Crippen molar-refractivity contribution in [1.29, 1.82) is 5.26 Å². The first-order chi connectivity index (χ1) is 15.1. The van der Waals surface area contributed by atoms with Gasteiger partial charge in [-0.2, -0.15) is 5.26 Å². The van der Waals surface area contributed by atoms with Crippen LogP contribution in [0.3, 0.4) is 0 Å². The quantitative estimate of drug-likeness (QED) is 0.552. The molecule has 4 rings (SSSR count). The molecule has 1 heterocycles. The highest BCUT2D eigenvalue weighted by atomic mass is 32.2. The van der Waals surface area contributed by atoms with Crippen LogP contribution in [0.15, 0.2) is 88.7 Å². The maximum absolute atomic E-state index is 12.8. The fourth-order valence-corrected chi connectivity index (χ4v) is 5.09. The summed E-state index contributed by atoms with van der Waals surface area (Å²) < 4.78 is 0. The lowest BCUT2D eigenvalue weighted by Crippen LogP contribution is -2.44. The third kappa shape index (κ3) is 4.60. The van der Waals surface area contributed by atoms with Gasteiger partial charge in [0.25, 0.3) is 5.91 Å². The maximum Gasteiger partial charge on any atom is 0.251 e. The van der Waals surface area contributed by atoms with E-state index in [4.69, 9.17) is 0 Å². The summed E-state index contributed by atoms with van der Waals surface area (Å²) in [7, 11) is 0. The first-order valence-electron chi connectivity index (χ1n) is 10.5. The van der Waals surface area contributed by atoms with Crippen LogP contribution in [0.25, 0.3) is 11.1 Å². The van der Waals surface area contributed by atoms with Crippen LogP contribution in [0.5, 0.6) is 0 Å².